The lowest BCUT2D eigenvalue weighted by molar-refractivity contribution is -0.123. The molecule has 0 unspecified atom stereocenters. The number of hydrogen-bond acceptors (Lipinski definition) is 3. The highest BCUT2D eigenvalue weighted by Gasteiger charge is 2.13. The molecule has 0 bridgehead atoms. The molecule has 0 saturated heterocycles. The molecule has 27 heavy (non-hydrogen) atoms. The van der Waals surface area contributed by atoms with Crippen molar-refractivity contribution in [2.24, 2.45) is 0 Å². The first kappa shape index (κ1) is 21.0. The molecule has 0 aliphatic rings. The Morgan fingerprint density at radius 2 is 1.48 bits per heavy atom. The predicted octanol–water partition coefficient (Wildman–Crippen LogP) is 3.44. The lowest BCUT2D eigenvalue weighted by Gasteiger charge is -2.10. The van der Waals surface area contributed by atoms with E-state index < -0.39 is 17.7 Å². The number of amides is 3. The number of halogens is 3. The molecule has 2 aromatic rings. The first-order valence-electron chi connectivity index (χ1n) is 7.82. The Labute approximate surface area is 171 Å². The summed E-state index contributed by atoms with van der Waals surface area (Å²) < 4.78 is 0. The van der Waals surface area contributed by atoms with E-state index >= 15 is 0 Å². The van der Waals surface area contributed by atoms with Crippen LogP contribution >= 0.6 is 34.8 Å². The van der Waals surface area contributed by atoms with Gasteiger partial charge in [0.1, 0.15) is 0 Å². The van der Waals surface area contributed by atoms with Gasteiger partial charge in [-0.3, -0.25) is 14.4 Å². The van der Waals surface area contributed by atoms with Crippen LogP contribution in [0.3, 0.4) is 0 Å². The highest BCUT2D eigenvalue weighted by Crippen LogP contribution is 2.21. The largest absolute Gasteiger partial charge is 0.345 e. The molecule has 0 spiro atoms. The van der Waals surface area contributed by atoms with Gasteiger partial charge >= 0.3 is 0 Å². The monoisotopic (exact) mass is 427 g/mol. The fourth-order valence-electron chi connectivity index (χ4n) is 2.13. The Morgan fingerprint density at radius 1 is 0.852 bits per heavy atom. The van der Waals surface area contributed by atoms with Gasteiger partial charge in [-0.05, 0) is 48.9 Å². The molecule has 6 nitrogen and oxygen atoms in total. The standard InChI is InChI=1S/C18H16Cl3N3O3/c1-10-6-11(19)3-5-15(10)24-17(26)9-22-16(25)8-23-18(27)13-4-2-12(20)7-14(13)21/h2-7H,8-9H2,1H3,(H,22,25)(H,23,27)(H,24,26). The molecule has 0 atom stereocenters. The maximum atomic E-state index is 12.0. The van der Waals surface area contributed by atoms with Gasteiger partial charge in [0.15, 0.2) is 0 Å². The molecular weight excluding hydrogens is 413 g/mol. The minimum absolute atomic E-state index is 0.179. The van der Waals surface area contributed by atoms with Gasteiger partial charge in [0.05, 0.1) is 23.7 Å². The van der Waals surface area contributed by atoms with E-state index in [1.54, 1.807) is 25.1 Å². The number of benzene rings is 2. The highest BCUT2D eigenvalue weighted by molar-refractivity contribution is 6.36. The molecule has 0 saturated carbocycles. The number of rotatable bonds is 6. The molecule has 0 heterocycles. The van der Waals surface area contributed by atoms with Crippen molar-refractivity contribution >= 4 is 58.2 Å². The Balaban J connectivity index is 1.78. The molecule has 2 aromatic carbocycles. The third kappa shape index (κ3) is 6.43. The van der Waals surface area contributed by atoms with Gasteiger partial charge in [0.2, 0.25) is 11.8 Å². The fourth-order valence-corrected chi connectivity index (χ4v) is 2.85. The third-order valence-corrected chi connectivity index (χ3v) is 4.28. The molecule has 9 heteroatoms. The molecule has 0 aromatic heterocycles. The minimum atomic E-state index is -0.520. The summed E-state index contributed by atoms with van der Waals surface area (Å²) >= 11 is 17.6. The molecule has 3 amide bonds. The SMILES string of the molecule is Cc1cc(Cl)ccc1NC(=O)CNC(=O)CNC(=O)c1ccc(Cl)cc1Cl. The smallest absolute Gasteiger partial charge is 0.253 e. The Morgan fingerprint density at radius 3 is 2.15 bits per heavy atom. The summed E-state index contributed by atoms with van der Waals surface area (Å²) in [5, 5.41) is 8.65. The van der Waals surface area contributed by atoms with Crippen molar-refractivity contribution in [3.05, 3.63) is 62.6 Å². The zero-order chi connectivity index (χ0) is 20.0. The Kier molecular flexibility index (Phi) is 7.47. The van der Waals surface area contributed by atoms with E-state index in [0.717, 1.165) is 5.56 Å². The van der Waals surface area contributed by atoms with Crippen LogP contribution in [0.5, 0.6) is 0 Å². The van der Waals surface area contributed by atoms with Crippen LogP contribution in [0.2, 0.25) is 15.1 Å². The van der Waals surface area contributed by atoms with Crippen LogP contribution in [-0.4, -0.2) is 30.8 Å². The summed E-state index contributed by atoms with van der Waals surface area (Å²) in [5.41, 5.74) is 1.60. The van der Waals surface area contributed by atoms with Crippen LogP contribution in [0, 0.1) is 6.92 Å². The topological polar surface area (TPSA) is 87.3 Å². The number of anilines is 1. The van der Waals surface area contributed by atoms with Crippen LogP contribution in [0.1, 0.15) is 15.9 Å². The lowest BCUT2D eigenvalue weighted by atomic mass is 10.2. The molecule has 0 aliphatic carbocycles. The molecule has 0 fully saturated rings. The molecule has 0 radical (unpaired) electrons. The quantitative estimate of drug-likeness (QED) is 0.658. The molecule has 0 aliphatic heterocycles. The zero-order valence-electron chi connectivity index (χ0n) is 14.2. The first-order valence-corrected chi connectivity index (χ1v) is 8.95. The number of carbonyl (C=O) groups is 3. The second-order valence-corrected chi connectivity index (χ2v) is 6.87. The van der Waals surface area contributed by atoms with Gasteiger partial charge in [-0.15, -0.1) is 0 Å². The van der Waals surface area contributed by atoms with Gasteiger partial charge in [-0.1, -0.05) is 34.8 Å². The van der Waals surface area contributed by atoms with Crippen LogP contribution in [-0.2, 0) is 9.59 Å². The van der Waals surface area contributed by atoms with Crippen molar-refractivity contribution in [1.29, 1.82) is 0 Å². The van der Waals surface area contributed by atoms with Crippen molar-refractivity contribution in [1.82, 2.24) is 10.6 Å². The predicted molar refractivity (Wildman–Crippen MR) is 107 cm³/mol. The number of aryl methyl sites for hydroxylation is 1. The maximum absolute atomic E-state index is 12.0. The van der Waals surface area contributed by atoms with E-state index in [1.165, 1.54) is 18.2 Å². The minimum Gasteiger partial charge on any atom is -0.345 e. The van der Waals surface area contributed by atoms with Crippen molar-refractivity contribution in [2.45, 2.75) is 6.92 Å². The molecule has 3 N–H and O–H groups in total. The molecule has 142 valence electrons. The highest BCUT2D eigenvalue weighted by atomic mass is 35.5. The van der Waals surface area contributed by atoms with E-state index in [2.05, 4.69) is 16.0 Å². The second kappa shape index (κ2) is 9.60. The van der Waals surface area contributed by atoms with E-state index in [9.17, 15) is 14.4 Å². The summed E-state index contributed by atoms with van der Waals surface area (Å²) in [4.78, 5) is 35.7. The van der Waals surface area contributed by atoms with Crippen LogP contribution < -0.4 is 16.0 Å². The van der Waals surface area contributed by atoms with Crippen molar-refractivity contribution in [3.63, 3.8) is 0 Å². The van der Waals surface area contributed by atoms with E-state index in [4.69, 9.17) is 34.8 Å². The Bertz CT molecular complexity index is 887. The summed E-state index contributed by atoms with van der Waals surface area (Å²) in [7, 11) is 0. The molecule has 2 rings (SSSR count). The van der Waals surface area contributed by atoms with Gasteiger partial charge in [-0.25, -0.2) is 0 Å². The normalized spacial score (nSPS) is 10.2. The van der Waals surface area contributed by atoms with E-state index in [-0.39, 0.29) is 23.7 Å². The van der Waals surface area contributed by atoms with Crippen molar-refractivity contribution < 1.29 is 14.4 Å². The average molecular weight is 429 g/mol. The first-order chi connectivity index (χ1) is 12.8. The number of carbonyl (C=O) groups excluding carboxylic acids is 3. The van der Waals surface area contributed by atoms with Crippen LogP contribution in [0.15, 0.2) is 36.4 Å². The van der Waals surface area contributed by atoms with Crippen LogP contribution in [0.25, 0.3) is 0 Å². The Hall–Kier alpha value is -2.28. The van der Waals surface area contributed by atoms with Gasteiger partial charge in [-0.2, -0.15) is 0 Å². The summed E-state index contributed by atoms with van der Waals surface area (Å²) in [6.07, 6.45) is 0. The molecular formula is C18H16Cl3N3O3. The lowest BCUT2D eigenvalue weighted by Crippen LogP contribution is -2.40. The summed E-state index contributed by atoms with van der Waals surface area (Å²) in [6, 6.07) is 9.45. The summed E-state index contributed by atoms with van der Waals surface area (Å²) in [5.74, 6) is -1.44. The van der Waals surface area contributed by atoms with Crippen molar-refractivity contribution in [3.8, 4) is 0 Å². The van der Waals surface area contributed by atoms with Gasteiger partial charge < -0.3 is 16.0 Å². The van der Waals surface area contributed by atoms with Gasteiger partial charge in [0, 0.05) is 15.7 Å². The van der Waals surface area contributed by atoms with E-state index in [0.29, 0.717) is 15.7 Å². The zero-order valence-corrected chi connectivity index (χ0v) is 16.5. The average Bonchev–Trinajstić information content (AvgIpc) is 2.60. The van der Waals surface area contributed by atoms with Crippen LogP contribution in [0.4, 0.5) is 5.69 Å². The second-order valence-electron chi connectivity index (χ2n) is 5.59. The fraction of sp³-hybridized carbons (Fsp3) is 0.167. The number of hydrogen-bond donors (Lipinski definition) is 3. The van der Waals surface area contributed by atoms with Gasteiger partial charge in [0.25, 0.3) is 5.91 Å². The number of nitrogens with one attached hydrogen (secondary N) is 3. The maximum Gasteiger partial charge on any atom is 0.253 e. The summed E-state index contributed by atoms with van der Waals surface area (Å²) in [6.45, 7) is 1.26. The van der Waals surface area contributed by atoms with E-state index in [1.807, 2.05) is 0 Å². The van der Waals surface area contributed by atoms with Crippen molar-refractivity contribution in [2.75, 3.05) is 18.4 Å². The third-order valence-electron chi connectivity index (χ3n) is 3.49.